The summed E-state index contributed by atoms with van der Waals surface area (Å²) in [7, 11) is 2.06. The van der Waals surface area contributed by atoms with Gasteiger partial charge in [-0.2, -0.15) is 0 Å². The Kier molecular flexibility index (Phi) is 7.94. The number of nitrogens with zero attached hydrogens (tertiary/aromatic N) is 1. The molecule has 0 saturated carbocycles. The van der Waals surface area contributed by atoms with Crippen LogP contribution in [0, 0.1) is 0 Å². The SMILES string of the molecule is C=CCN(C)CCOc1ccc(CNCCC)cc1. The molecule has 0 unspecified atom stereocenters. The molecule has 1 aromatic carbocycles. The van der Waals surface area contributed by atoms with E-state index in [1.807, 2.05) is 18.2 Å². The summed E-state index contributed by atoms with van der Waals surface area (Å²) in [5.74, 6) is 0.936. The lowest BCUT2D eigenvalue weighted by Gasteiger charge is -2.14. The third-order valence-corrected chi connectivity index (χ3v) is 2.86. The van der Waals surface area contributed by atoms with Crippen LogP contribution in [0.1, 0.15) is 18.9 Å². The van der Waals surface area contributed by atoms with Crippen molar-refractivity contribution in [1.29, 1.82) is 0 Å². The quantitative estimate of drug-likeness (QED) is 0.518. The lowest BCUT2D eigenvalue weighted by Crippen LogP contribution is -2.24. The van der Waals surface area contributed by atoms with Crippen molar-refractivity contribution in [1.82, 2.24) is 10.2 Å². The molecule has 106 valence electrons. The maximum absolute atomic E-state index is 5.71. The van der Waals surface area contributed by atoms with Crippen molar-refractivity contribution in [3.63, 3.8) is 0 Å². The molecule has 0 aliphatic carbocycles. The van der Waals surface area contributed by atoms with Gasteiger partial charge in [-0.25, -0.2) is 0 Å². The first-order valence-corrected chi connectivity index (χ1v) is 6.98. The van der Waals surface area contributed by atoms with Gasteiger partial charge in [-0.05, 0) is 37.7 Å². The molecule has 0 bridgehead atoms. The molecule has 0 fully saturated rings. The van der Waals surface area contributed by atoms with Crippen LogP contribution in [0.2, 0.25) is 0 Å². The summed E-state index contributed by atoms with van der Waals surface area (Å²) < 4.78 is 5.71. The minimum Gasteiger partial charge on any atom is -0.492 e. The van der Waals surface area contributed by atoms with E-state index in [9.17, 15) is 0 Å². The van der Waals surface area contributed by atoms with Gasteiger partial charge in [-0.3, -0.25) is 4.90 Å². The highest BCUT2D eigenvalue weighted by Crippen LogP contribution is 2.12. The van der Waals surface area contributed by atoms with Gasteiger partial charge in [0.05, 0.1) is 0 Å². The summed E-state index contributed by atoms with van der Waals surface area (Å²) in [6.45, 7) is 10.4. The Morgan fingerprint density at radius 1 is 1.32 bits per heavy atom. The Balaban J connectivity index is 2.25. The number of hydrogen-bond donors (Lipinski definition) is 1. The van der Waals surface area contributed by atoms with Crippen molar-refractivity contribution in [2.24, 2.45) is 0 Å². The average Bonchev–Trinajstić information content (AvgIpc) is 2.41. The predicted octanol–water partition coefficient (Wildman–Crippen LogP) is 2.68. The Hall–Kier alpha value is -1.32. The topological polar surface area (TPSA) is 24.5 Å². The number of ether oxygens (including phenoxy) is 1. The van der Waals surface area contributed by atoms with E-state index in [0.717, 1.165) is 31.9 Å². The van der Waals surface area contributed by atoms with Gasteiger partial charge < -0.3 is 10.1 Å². The van der Waals surface area contributed by atoms with Crippen LogP contribution in [-0.4, -0.2) is 38.2 Å². The Morgan fingerprint density at radius 3 is 2.68 bits per heavy atom. The number of hydrogen-bond acceptors (Lipinski definition) is 3. The fourth-order valence-electron chi connectivity index (χ4n) is 1.74. The second-order valence-corrected chi connectivity index (χ2v) is 4.72. The maximum Gasteiger partial charge on any atom is 0.119 e. The summed E-state index contributed by atoms with van der Waals surface area (Å²) in [4.78, 5) is 2.18. The van der Waals surface area contributed by atoms with Crippen LogP contribution in [0.15, 0.2) is 36.9 Å². The highest BCUT2D eigenvalue weighted by atomic mass is 16.5. The van der Waals surface area contributed by atoms with Crippen LogP contribution in [0.5, 0.6) is 5.75 Å². The van der Waals surface area contributed by atoms with Gasteiger partial charge in [0.15, 0.2) is 0 Å². The number of benzene rings is 1. The molecule has 0 aliphatic heterocycles. The third kappa shape index (κ3) is 6.99. The molecule has 0 aliphatic rings. The Bertz CT molecular complexity index is 348. The summed E-state index contributed by atoms with van der Waals surface area (Å²) in [5, 5.41) is 3.39. The van der Waals surface area contributed by atoms with Gasteiger partial charge in [0, 0.05) is 19.6 Å². The molecular formula is C16H26N2O. The van der Waals surface area contributed by atoms with Gasteiger partial charge in [0.1, 0.15) is 12.4 Å². The molecule has 3 nitrogen and oxygen atoms in total. The second-order valence-electron chi connectivity index (χ2n) is 4.72. The molecule has 1 N–H and O–H groups in total. The molecular weight excluding hydrogens is 236 g/mol. The first-order valence-electron chi connectivity index (χ1n) is 6.98. The van der Waals surface area contributed by atoms with Crippen LogP contribution in [0.4, 0.5) is 0 Å². The number of nitrogens with one attached hydrogen (secondary N) is 1. The molecule has 0 spiro atoms. The molecule has 1 aromatic rings. The second kappa shape index (κ2) is 9.59. The fraction of sp³-hybridized carbons (Fsp3) is 0.500. The van der Waals surface area contributed by atoms with E-state index in [4.69, 9.17) is 4.74 Å². The van der Waals surface area contributed by atoms with Crippen molar-refractivity contribution >= 4 is 0 Å². The largest absolute Gasteiger partial charge is 0.492 e. The van der Waals surface area contributed by atoms with E-state index >= 15 is 0 Å². The van der Waals surface area contributed by atoms with Gasteiger partial charge in [0.25, 0.3) is 0 Å². The monoisotopic (exact) mass is 262 g/mol. The first kappa shape index (κ1) is 15.7. The van der Waals surface area contributed by atoms with E-state index in [2.05, 4.69) is 42.9 Å². The van der Waals surface area contributed by atoms with Crippen LogP contribution >= 0.6 is 0 Å². The lowest BCUT2D eigenvalue weighted by molar-refractivity contribution is 0.249. The summed E-state index contributed by atoms with van der Waals surface area (Å²) in [5.41, 5.74) is 1.30. The molecule has 0 heterocycles. The normalized spacial score (nSPS) is 10.7. The summed E-state index contributed by atoms with van der Waals surface area (Å²) >= 11 is 0. The summed E-state index contributed by atoms with van der Waals surface area (Å²) in [6, 6.07) is 8.31. The van der Waals surface area contributed by atoms with Crippen molar-refractivity contribution in [2.75, 3.05) is 33.3 Å². The Labute approximate surface area is 117 Å². The number of rotatable bonds is 10. The molecule has 0 radical (unpaired) electrons. The van der Waals surface area contributed by atoms with E-state index in [0.29, 0.717) is 6.61 Å². The molecule has 0 atom stereocenters. The zero-order chi connectivity index (χ0) is 13.9. The average molecular weight is 262 g/mol. The molecule has 19 heavy (non-hydrogen) atoms. The molecule has 1 rings (SSSR count). The van der Waals surface area contributed by atoms with E-state index in [1.165, 1.54) is 12.0 Å². The Morgan fingerprint density at radius 2 is 2.05 bits per heavy atom. The van der Waals surface area contributed by atoms with Crippen molar-refractivity contribution in [2.45, 2.75) is 19.9 Å². The highest BCUT2D eigenvalue weighted by molar-refractivity contribution is 5.27. The molecule has 0 aromatic heterocycles. The minimum absolute atomic E-state index is 0.706. The minimum atomic E-state index is 0.706. The van der Waals surface area contributed by atoms with Crippen LogP contribution < -0.4 is 10.1 Å². The van der Waals surface area contributed by atoms with Crippen LogP contribution in [-0.2, 0) is 6.54 Å². The standard InChI is InChI=1S/C16H26N2O/c1-4-10-17-14-15-6-8-16(9-7-15)19-13-12-18(3)11-5-2/h5-9,17H,2,4,10-14H2,1,3H3. The van der Waals surface area contributed by atoms with E-state index in [1.54, 1.807) is 0 Å². The maximum atomic E-state index is 5.71. The van der Waals surface area contributed by atoms with Crippen LogP contribution in [0.25, 0.3) is 0 Å². The fourth-order valence-corrected chi connectivity index (χ4v) is 1.74. The smallest absolute Gasteiger partial charge is 0.119 e. The lowest BCUT2D eigenvalue weighted by atomic mass is 10.2. The molecule has 0 saturated heterocycles. The van der Waals surface area contributed by atoms with Gasteiger partial charge in [-0.15, -0.1) is 6.58 Å². The van der Waals surface area contributed by atoms with E-state index in [-0.39, 0.29) is 0 Å². The van der Waals surface area contributed by atoms with Crippen molar-refractivity contribution < 1.29 is 4.74 Å². The zero-order valence-corrected chi connectivity index (χ0v) is 12.2. The first-order chi connectivity index (χ1) is 9.26. The van der Waals surface area contributed by atoms with E-state index < -0.39 is 0 Å². The van der Waals surface area contributed by atoms with Crippen molar-refractivity contribution in [3.05, 3.63) is 42.5 Å². The van der Waals surface area contributed by atoms with Gasteiger partial charge in [-0.1, -0.05) is 25.1 Å². The predicted molar refractivity (Wildman–Crippen MR) is 81.6 cm³/mol. The third-order valence-electron chi connectivity index (χ3n) is 2.86. The van der Waals surface area contributed by atoms with Crippen LogP contribution in [0.3, 0.4) is 0 Å². The molecule has 3 heteroatoms. The molecule has 0 amide bonds. The number of likely N-dealkylation sites (N-methyl/N-ethyl adjacent to an activating group) is 1. The highest BCUT2D eigenvalue weighted by Gasteiger charge is 1.98. The zero-order valence-electron chi connectivity index (χ0n) is 12.2. The van der Waals surface area contributed by atoms with Crippen molar-refractivity contribution in [3.8, 4) is 5.75 Å². The van der Waals surface area contributed by atoms with Gasteiger partial charge in [0.2, 0.25) is 0 Å². The van der Waals surface area contributed by atoms with Gasteiger partial charge >= 0.3 is 0 Å². The summed E-state index contributed by atoms with van der Waals surface area (Å²) in [6.07, 6.45) is 3.07.